The second-order valence-electron chi connectivity index (χ2n) is 21.9. The predicted molar refractivity (Wildman–Crippen MR) is 351 cm³/mol. The Labute approximate surface area is 485 Å². The number of aromatic nitrogens is 5. The fourth-order valence-corrected chi connectivity index (χ4v) is 13.2. The SMILES string of the molecule is c1ccc(-c2ccc3c(c2)c2cc(-c4ccc5c(c4)c4cc(-c6ccccc6)ccc4n5-c4ccc5c(c4)c4cc(-c6ccccc6)ccc4n5-c4ccccc4)ccc2n3-c2ccc(-c3nc4ccccc4n3-c3ccccc3)cc2)cc1. The minimum absolute atomic E-state index is 0.913. The topological polar surface area (TPSA) is 32.6 Å². The molecule has 0 aliphatic heterocycles. The van der Waals surface area contributed by atoms with Crippen LogP contribution in [0.1, 0.15) is 0 Å². The molecule has 0 aliphatic rings. The van der Waals surface area contributed by atoms with Crippen LogP contribution in [0.5, 0.6) is 0 Å². The van der Waals surface area contributed by atoms with E-state index in [1.165, 1.54) is 76.7 Å². The highest BCUT2D eigenvalue weighted by molar-refractivity contribution is 6.15. The van der Waals surface area contributed by atoms with Crippen LogP contribution in [0, 0.1) is 0 Å². The van der Waals surface area contributed by atoms with Crippen molar-refractivity contribution in [2.24, 2.45) is 0 Å². The third kappa shape index (κ3) is 7.67. The minimum atomic E-state index is 0.913. The lowest BCUT2D eigenvalue weighted by Crippen LogP contribution is -1.98. The highest BCUT2D eigenvalue weighted by atomic mass is 15.1. The van der Waals surface area contributed by atoms with Crippen LogP contribution in [0.15, 0.2) is 309 Å². The predicted octanol–water partition coefficient (Wildman–Crippen LogP) is 20.7. The van der Waals surface area contributed by atoms with Gasteiger partial charge in [-0.05, 0) is 184 Å². The van der Waals surface area contributed by atoms with E-state index in [9.17, 15) is 0 Å². The monoisotopic (exact) mass is 1070 g/mol. The Morgan fingerprint density at radius 1 is 0.179 bits per heavy atom. The Hall–Kier alpha value is -11.3. The maximum atomic E-state index is 5.20. The molecule has 5 heteroatoms. The smallest absolute Gasteiger partial charge is 0.145 e. The van der Waals surface area contributed by atoms with Crippen LogP contribution in [0.3, 0.4) is 0 Å². The molecular formula is C79H51N5. The molecule has 392 valence electrons. The number of hydrogen-bond acceptors (Lipinski definition) is 1. The molecular weight excluding hydrogens is 1020 g/mol. The minimum Gasteiger partial charge on any atom is -0.309 e. The summed E-state index contributed by atoms with van der Waals surface area (Å²) < 4.78 is 9.57. The van der Waals surface area contributed by atoms with Crippen LogP contribution >= 0.6 is 0 Å². The molecule has 0 bridgehead atoms. The first kappa shape index (κ1) is 47.5. The fourth-order valence-electron chi connectivity index (χ4n) is 13.2. The molecule has 17 aromatic rings. The van der Waals surface area contributed by atoms with Crippen LogP contribution in [0.2, 0.25) is 0 Å². The Bertz CT molecular complexity index is 5380. The maximum Gasteiger partial charge on any atom is 0.145 e. The Morgan fingerprint density at radius 3 is 0.881 bits per heavy atom. The van der Waals surface area contributed by atoms with Gasteiger partial charge in [0.1, 0.15) is 5.82 Å². The number of imidazole rings is 1. The number of fused-ring (bicyclic) bond motifs is 10. The lowest BCUT2D eigenvalue weighted by Gasteiger charge is -2.12. The van der Waals surface area contributed by atoms with Gasteiger partial charge in [0.15, 0.2) is 0 Å². The van der Waals surface area contributed by atoms with Gasteiger partial charge < -0.3 is 13.7 Å². The standard InChI is InChI=1S/C79H51N5/c1-6-18-52(19-7-1)56-32-40-72-65(46-56)67-49-59(35-43-73(67)82(72)63-37-30-55(31-38-63)79-80-71-28-16-17-29-78(71)84(79)62-26-14-5-15-27-62)60-36-44-76-68(50-60)66-47-57(53-20-8-2-9-21-53)34-42-75(66)83(76)64-39-45-77-70(51-64)69-48-58(54-22-10-3-11-23-54)33-41-74(69)81(77)61-24-12-4-13-25-61/h1-51H. The summed E-state index contributed by atoms with van der Waals surface area (Å²) in [6.07, 6.45) is 0. The van der Waals surface area contributed by atoms with E-state index < -0.39 is 0 Å². The summed E-state index contributed by atoms with van der Waals surface area (Å²) in [4.78, 5) is 5.20. The molecule has 0 aliphatic carbocycles. The maximum absolute atomic E-state index is 5.20. The molecule has 0 N–H and O–H groups in total. The van der Waals surface area contributed by atoms with E-state index in [-0.39, 0.29) is 0 Å². The van der Waals surface area contributed by atoms with Gasteiger partial charge in [-0.15, -0.1) is 0 Å². The van der Waals surface area contributed by atoms with Gasteiger partial charge in [-0.25, -0.2) is 4.98 Å². The molecule has 4 aromatic heterocycles. The largest absolute Gasteiger partial charge is 0.309 e. The van der Waals surface area contributed by atoms with Crippen molar-refractivity contribution in [1.82, 2.24) is 23.3 Å². The third-order valence-corrected chi connectivity index (χ3v) is 17.2. The highest BCUT2D eigenvalue weighted by Gasteiger charge is 2.21. The summed E-state index contributed by atoms with van der Waals surface area (Å²) in [7, 11) is 0. The van der Waals surface area contributed by atoms with Crippen molar-refractivity contribution in [1.29, 1.82) is 0 Å². The normalized spacial score (nSPS) is 11.8. The van der Waals surface area contributed by atoms with Gasteiger partial charge in [-0.3, -0.25) is 4.57 Å². The van der Waals surface area contributed by atoms with Crippen LogP contribution in [-0.4, -0.2) is 23.3 Å². The van der Waals surface area contributed by atoms with Gasteiger partial charge in [0.2, 0.25) is 0 Å². The van der Waals surface area contributed by atoms with E-state index in [1.54, 1.807) is 0 Å². The summed E-state index contributed by atoms with van der Waals surface area (Å²) >= 11 is 0. The zero-order chi connectivity index (χ0) is 55.2. The summed E-state index contributed by atoms with van der Waals surface area (Å²) in [6, 6.07) is 113. The third-order valence-electron chi connectivity index (χ3n) is 17.2. The summed E-state index contributed by atoms with van der Waals surface area (Å²) in [5, 5.41) is 7.24. The molecule has 0 fully saturated rings. The Morgan fingerprint density at radius 2 is 0.464 bits per heavy atom. The summed E-state index contributed by atoms with van der Waals surface area (Å²) in [6.45, 7) is 0. The first-order chi connectivity index (χ1) is 41.6. The molecule has 0 spiro atoms. The lowest BCUT2D eigenvalue weighted by atomic mass is 9.98. The zero-order valence-electron chi connectivity index (χ0n) is 45.7. The Balaban J connectivity index is 0.835. The quantitative estimate of drug-likeness (QED) is 0.142. The first-order valence-electron chi connectivity index (χ1n) is 28.8. The van der Waals surface area contributed by atoms with Crippen molar-refractivity contribution in [2.75, 3.05) is 0 Å². The van der Waals surface area contributed by atoms with E-state index in [0.717, 1.165) is 78.4 Å². The van der Waals surface area contributed by atoms with E-state index in [0.29, 0.717) is 0 Å². The van der Waals surface area contributed by atoms with E-state index in [4.69, 9.17) is 4.98 Å². The lowest BCUT2D eigenvalue weighted by molar-refractivity contribution is 1.10. The van der Waals surface area contributed by atoms with Crippen molar-refractivity contribution in [3.8, 4) is 78.6 Å². The molecule has 17 rings (SSSR count). The first-order valence-corrected chi connectivity index (χ1v) is 28.8. The van der Waals surface area contributed by atoms with Gasteiger partial charge in [0.05, 0.1) is 44.1 Å². The number of hydrogen-bond donors (Lipinski definition) is 0. The van der Waals surface area contributed by atoms with Crippen LogP contribution in [0.4, 0.5) is 0 Å². The number of para-hydroxylation sites is 4. The molecule has 0 amide bonds. The van der Waals surface area contributed by atoms with Crippen molar-refractivity contribution in [3.05, 3.63) is 309 Å². The molecule has 0 atom stereocenters. The number of nitrogens with zero attached hydrogens (tertiary/aromatic N) is 5. The number of rotatable bonds is 9. The van der Waals surface area contributed by atoms with Crippen molar-refractivity contribution in [2.45, 2.75) is 0 Å². The van der Waals surface area contributed by atoms with Gasteiger partial charge in [0.25, 0.3) is 0 Å². The fraction of sp³-hybridized carbons (Fsp3) is 0. The highest BCUT2D eigenvalue weighted by Crippen LogP contribution is 2.43. The molecule has 4 heterocycles. The van der Waals surface area contributed by atoms with Crippen LogP contribution in [-0.2, 0) is 0 Å². The van der Waals surface area contributed by atoms with Gasteiger partial charge in [0, 0.05) is 60.6 Å². The molecule has 0 saturated heterocycles. The van der Waals surface area contributed by atoms with Crippen LogP contribution in [0.25, 0.3) is 155 Å². The van der Waals surface area contributed by atoms with Crippen molar-refractivity contribution in [3.63, 3.8) is 0 Å². The van der Waals surface area contributed by atoms with Gasteiger partial charge in [-0.1, -0.05) is 170 Å². The molecule has 84 heavy (non-hydrogen) atoms. The van der Waals surface area contributed by atoms with Crippen molar-refractivity contribution >= 4 is 76.5 Å². The summed E-state index contributed by atoms with van der Waals surface area (Å²) in [5.74, 6) is 0.913. The zero-order valence-corrected chi connectivity index (χ0v) is 45.7. The van der Waals surface area contributed by atoms with E-state index in [2.05, 4.69) is 328 Å². The average molecular weight is 1070 g/mol. The molecule has 0 saturated carbocycles. The van der Waals surface area contributed by atoms with E-state index >= 15 is 0 Å². The molecule has 13 aromatic carbocycles. The van der Waals surface area contributed by atoms with Gasteiger partial charge >= 0.3 is 0 Å². The molecule has 0 unspecified atom stereocenters. The molecule has 5 nitrogen and oxygen atoms in total. The van der Waals surface area contributed by atoms with Crippen LogP contribution < -0.4 is 0 Å². The second kappa shape index (κ2) is 19.2. The summed E-state index contributed by atoms with van der Waals surface area (Å²) in [5.41, 5.74) is 24.0. The molecule has 0 radical (unpaired) electrons. The van der Waals surface area contributed by atoms with E-state index in [1.807, 2.05) is 0 Å². The number of benzene rings is 13. The Kier molecular flexibility index (Phi) is 10.9. The van der Waals surface area contributed by atoms with Crippen molar-refractivity contribution < 1.29 is 0 Å². The van der Waals surface area contributed by atoms with Gasteiger partial charge in [-0.2, -0.15) is 0 Å². The average Bonchev–Trinajstić information content (AvgIpc) is 3.08. The second-order valence-corrected chi connectivity index (χ2v) is 21.9.